The molecule has 2 aliphatic heterocycles. The molecule has 0 bridgehead atoms. The molecule has 1 saturated heterocycles. The second-order valence-electron chi connectivity index (χ2n) is 17.0. The maximum Gasteiger partial charge on any atom is 0.159 e. The third-order valence-electron chi connectivity index (χ3n) is 14.3. The Morgan fingerprint density at radius 2 is 1.76 bits per heavy atom. The van der Waals surface area contributed by atoms with Gasteiger partial charge in [0.2, 0.25) is 0 Å². The van der Waals surface area contributed by atoms with Gasteiger partial charge in [0.25, 0.3) is 0 Å². The average Bonchev–Trinajstić information content (AvgIpc) is 3.74. The van der Waals surface area contributed by atoms with E-state index in [2.05, 4.69) is 46.0 Å². The number of dihydropyridines is 1. The van der Waals surface area contributed by atoms with E-state index in [0.29, 0.717) is 44.5 Å². The molecule has 11 atom stereocenters. The van der Waals surface area contributed by atoms with Crippen molar-refractivity contribution in [2.45, 2.75) is 147 Å². The summed E-state index contributed by atoms with van der Waals surface area (Å²) in [7, 11) is 0. The normalized spacial score (nSPS) is 43.8. The summed E-state index contributed by atoms with van der Waals surface area (Å²) in [5, 5.41) is 51.0. The monoisotopic (exact) mass is 626 g/mol. The van der Waals surface area contributed by atoms with Gasteiger partial charge in [-0.25, -0.2) is 0 Å². The molecule has 0 spiro atoms. The molecule has 252 valence electrons. The van der Waals surface area contributed by atoms with Crippen LogP contribution in [0.15, 0.2) is 35.2 Å². The van der Waals surface area contributed by atoms with Gasteiger partial charge in [-0.1, -0.05) is 47.1 Å². The minimum atomic E-state index is -1.22. The summed E-state index contributed by atoms with van der Waals surface area (Å²) in [5.74, 6) is 0.340. The van der Waals surface area contributed by atoms with Gasteiger partial charge in [-0.15, -0.1) is 0 Å². The summed E-state index contributed by atoms with van der Waals surface area (Å²) < 4.78 is 6.35. The standard InChI is InChI=1S/C37H58N2O6/c1-7-13-36(43,31-30(45-31)35(6,42)32(2,3)14-8-22-12-18-39-29(38)19-22)28-11-17-37(44)25-21-27(41)26-20-23(40)9-15-33(26,4)24(25)10-16-34(28,37)5/h12,19,21,23-24,26,28,30-31,39-40,42-44H,7-11,13-18,20,38H2,1-6H3. The van der Waals surface area contributed by atoms with E-state index in [0.717, 1.165) is 49.7 Å². The van der Waals surface area contributed by atoms with Gasteiger partial charge in [0.05, 0.1) is 28.7 Å². The Bertz CT molecular complexity index is 1300. The highest BCUT2D eigenvalue weighted by Gasteiger charge is 2.73. The highest BCUT2D eigenvalue weighted by molar-refractivity contribution is 5.95. The molecule has 0 amide bonds. The Hall–Kier alpha value is -1.71. The molecular formula is C37H58N2O6. The Kier molecular flexibility index (Phi) is 8.05. The average molecular weight is 627 g/mol. The van der Waals surface area contributed by atoms with Crippen LogP contribution >= 0.6 is 0 Å². The SMILES string of the molecule is CCCC(O)(C1OC1C(C)(O)C(C)(C)CCC1=CCNC(N)=C1)C1CCC2(O)C3=CC(=O)C4CC(O)CCC4(C)C3CCC12C. The van der Waals surface area contributed by atoms with E-state index in [1.54, 1.807) is 6.08 Å². The number of fused-ring (bicyclic) bond motifs is 5. The molecule has 45 heavy (non-hydrogen) atoms. The van der Waals surface area contributed by atoms with Crippen LogP contribution in [0.4, 0.5) is 0 Å². The van der Waals surface area contributed by atoms with E-state index in [1.807, 2.05) is 13.0 Å². The summed E-state index contributed by atoms with van der Waals surface area (Å²) in [4.78, 5) is 13.6. The maximum atomic E-state index is 13.6. The largest absolute Gasteiger partial charge is 0.393 e. The lowest BCUT2D eigenvalue weighted by molar-refractivity contribution is -0.157. The van der Waals surface area contributed by atoms with Gasteiger partial charge in [-0.3, -0.25) is 4.79 Å². The lowest BCUT2D eigenvalue weighted by Gasteiger charge is -2.60. The fourth-order valence-corrected chi connectivity index (χ4v) is 10.8. The lowest BCUT2D eigenvalue weighted by atomic mass is 9.45. The first kappa shape index (κ1) is 33.2. The maximum absolute atomic E-state index is 13.6. The van der Waals surface area contributed by atoms with E-state index < -0.39 is 45.9 Å². The van der Waals surface area contributed by atoms with Crippen molar-refractivity contribution in [1.29, 1.82) is 0 Å². The van der Waals surface area contributed by atoms with E-state index in [-0.39, 0.29) is 29.0 Å². The van der Waals surface area contributed by atoms with Crippen LogP contribution in [0.25, 0.3) is 0 Å². The van der Waals surface area contributed by atoms with Crippen molar-refractivity contribution in [3.63, 3.8) is 0 Å². The smallest absolute Gasteiger partial charge is 0.159 e. The van der Waals surface area contributed by atoms with Gasteiger partial charge in [0.15, 0.2) is 5.78 Å². The Balaban J connectivity index is 1.25. The van der Waals surface area contributed by atoms with Crippen LogP contribution in [-0.2, 0) is 9.53 Å². The molecule has 11 unspecified atom stereocenters. The predicted octanol–water partition coefficient (Wildman–Crippen LogP) is 4.41. The molecular weight excluding hydrogens is 568 g/mol. The number of allylic oxidation sites excluding steroid dienone is 3. The lowest BCUT2D eigenvalue weighted by Crippen LogP contribution is -2.62. The van der Waals surface area contributed by atoms with E-state index >= 15 is 0 Å². The fraction of sp³-hybridized carbons (Fsp3) is 0.811. The van der Waals surface area contributed by atoms with Crippen LogP contribution in [0.1, 0.15) is 112 Å². The number of nitrogens with two attached hydrogens (primary N) is 1. The number of carbonyl (C=O) groups is 1. The Labute approximate surface area is 269 Å². The zero-order valence-corrected chi connectivity index (χ0v) is 28.4. The topological polar surface area (TPSA) is 149 Å². The quantitative estimate of drug-likeness (QED) is 0.206. The highest BCUT2D eigenvalue weighted by atomic mass is 16.6. The number of ketones is 1. The zero-order chi connectivity index (χ0) is 32.8. The number of hydrogen-bond donors (Lipinski definition) is 6. The number of carbonyl (C=O) groups excluding carboxylic acids is 1. The fourth-order valence-electron chi connectivity index (χ4n) is 10.8. The summed E-state index contributed by atoms with van der Waals surface area (Å²) >= 11 is 0. The molecule has 6 rings (SSSR count). The zero-order valence-electron chi connectivity index (χ0n) is 28.4. The highest BCUT2D eigenvalue weighted by Crippen LogP contribution is 2.70. The van der Waals surface area contributed by atoms with Gasteiger partial charge >= 0.3 is 0 Å². The second kappa shape index (κ2) is 10.9. The summed E-state index contributed by atoms with van der Waals surface area (Å²) in [5.41, 5.74) is 2.99. The van der Waals surface area contributed by atoms with Crippen molar-refractivity contribution in [2.24, 2.45) is 39.7 Å². The van der Waals surface area contributed by atoms with Crippen molar-refractivity contribution in [3.8, 4) is 0 Å². The van der Waals surface area contributed by atoms with Crippen LogP contribution in [0, 0.1) is 34.0 Å². The van der Waals surface area contributed by atoms with Gasteiger partial charge < -0.3 is 36.2 Å². The number of rotatable bonds is 9. The summed E-state index contributed by atoms with van der Waals surface area (Å²) in [6.45, 7) is 13.1. The molecule has 6 aliphatic rings. The van der Waals surface area contributed by atoms with Gasteiger partial charge in [-0.05, 0) is 117 Å². The van der Waals surface area contributed by atoms with Crippen molar-refractivity contribution in [2.75, 3.05) is 6.54 Å². The van der Waals surface area contributed by atoms with E-state index in [9.17, 15) is 25.2 Å². The predicted molar refractivity (Wildman–Crippen MR) is 174 cm³/mol. The van der Waals surface area contributed by atoms with Crippen LogP contribution in [0.2, 0.25) is 0 Å². The van der Waals surface area contributed by atoms with Gasteiger partial charge in [-0.2, -0.15) is 0 Å². The molecule has 3 saturated carbocycles. The number of ether oxygens (including phenoxy) is 1. The van der Waals surface area contributed by atoms with Gasteiger partial charge in [0, 0.05) is 17.9 Å². The number of hydrogen-bond acceptors (Lipinski definition) is 8. The first-order valence-electron chi connectivity index (χ1n) is 17.6. The third kappa shape index (κ3) is 4.91. The summed E-state index contributed by atoms with van der Waals surface area (Å²) in [6, 6.07) is 0. The number of nitrogens with one attached hydrogen (secondary N) is 1. The van der Waals surface area contributed by atoms with Crippen molar-refractivity contribution >= 4 is 5.78 Å². The molecule has 2 heterocycles. The van der Waals surface area contributed by atoms with Crippen LogP contribution in [-0.4, -0.2) is 67.9 Å². The molecule has 8 heteroatoms. The minimum absolute atomic E-state index is 0.0368. The Morgan fingerprint density at radius 1 is 1.02 bits per heavy atom. The van der Waals surface area contributed by atoms with Crippen LogP contribution in [0.3, 0.4) is 0 Å². The number of epoxide rings is 1. The van der Waals surface area contributed by atoms with Crippen molar-refractivity contribution in [1.82, 2.24) is 5.32 Å². The molecule has 7 N–H and O–H groups in total. The van der Waals surface area contributed by atoms with Crippen LogP contribution < -0.4 is 11.1 Å². The molecule has 4 aliphatic carbocycles. The molecule has 0 aromatic heterocycles. The molecule has 4 fully saturated rings. The number of aliphatic hydroxyl groups is 4. The molecule has 8 nitrogen and oxygen atoms in total. The minimum Gasteiger partial charge on any atom is -0.393 e. The number of aliphatic hydroxyl groups excluding tert-OH is 1. The third-order valence-corrected chi connectivity index (χ3v) is 14.3. The summed E-state index contributed by atoms with van der Waals surface area (Å²) in [6.07, 6.45) is 11.8. The van der Waals surface area contributed by atoms with Gasteiger partial charge in [0.1, 0.15) is 12.2 Å². The second-order valence-corrected chi connectivity index (χ2v) is 17.0. The van der Waals surface area contributed by atoms with Crippen LogP contribution in [0.5, 0.6) is 0 Å². The molecule has 0 aromatic rings. The first-order chi connectivity index (χ1) is 20.9. The Morgan fingerprint density at radius 3 is 2.44 bits per heavy atom. The van der Waals surface area contributed by atoms with E-state index in [1.165, 1.54) is 0 Å². The molecule has 0 radical (unpaired) electrons. The van der Waals surface area contributed by atoms with Crippen molar-refractivity contribution < 1.29 is 30.0 Å². The van der Waals surface area contributed by atoms with E-state index in [4.69, 9.17) is 10.5 Å². The van der Waals surface area contributed by atoms with Crippen molar-refractivity contribution in [3.05, 3.63) is 35.2 Å². The first-order valence-corrected chi connectivity index (χ1v) is 17.6. The molecule has 0 aromatic carbocycles.